The Bertz CT molecular complexity index is 820. The fraction of sp³-hybridized carbons (Fsp3) is 0.571. The van der Waals surface area contributed by atoms with Crippen LogP contribution in [0.25, 0.3) is 0 Å². The summed E-state index contributed by atoms with van der Waals surface area (Å²) in [6.07, 6.45) is 4.21. The number of hydrogen-bond donors (Lipinski definition) is 2. The van der Waals surface area contributed by atoms with Gasteiger partial charge in [0.15, 0.2) is 0 Å². The molecule has 2 N–H and O–H groups in total. The molecule has 1 heterocycles. The van der Waals surface area contributed by atoms with E-state index < -0.39 is 20.2 Å². The second kappa shape index (κ2) is 6.70. The highest BCUT2D eigenvalue weighted by Gasteiger charge is 2.29. The second-order valence-electron chi connectivity index (χ2n) is 6.11. The Hall–Kier alpha value is -1.03. The highest BCUT2D eigenvalue weighted by molar-refractivity contribution is 7.93. The van der Waals surface area contributed by atoms with E-state index in [1.807, 2.05) is 0 Å². The third-order valence-electron chi connectivity index (χ3n) is 4.26. The van der Waals surface area contributed by atoms with Crippen LogP contribution in [0.3, 0.4) is 0 Å². The van der Waals surface area contributed by atoms with Crippen LogP contribution in [0.4, 0.5) is 11.4 Å². The molecule has 1 aliphatic carbocycles. The van der Waals surface area contributed by atoms with Gasteiger partial charge in [0.25, 0.3) is 10.2 Å². The van der Waals surface area contributed by atoms with Crippen molar-refractivity contribution in [3.63, 3.8) is 0 Å². The summed E-state index contributed by atoms with van der Waals surface area (Å²) in [5.41, 5.74) is 0.581. The summed E-state index contributed by atoms with van der Waals surface area (Å²) in [4.78, 5) is 0. The monoisotopic (exact) mass is 393 g/mol. The standard InChI is InChI=1S/C14H20ClN3O4S2/c15-13-7-6-12(18-8-3-9-23(18,19)20)10-14(13)17-24(21,22)16-11-4-1-2-5-11/h6-7,10-11,16-17H,1-5,8-9H2. The van der Waals surface area contributed by atoms with Crippen LogP contribution in [0.1, 0.15) is 32.1 Å². The van der Waals surface area contributed by atoms with Gasteiger partial charge in [-0.15, -0.1) is 0 Å². The smallest absolute Gasteiger partial charge is 0.270 e. The fourth-order valence-corrected chi connectivity index (χ4v) is 6.08. The molecule has 1 aromatic carbocycles. The van der Waals surface area contributed by atoms with Crippen LogP contribution >= 0.6 is 11.6 Å². The largest absolute Gasteiger partial charge is 0.299 e. The van der Waals surface area contributed by atoms with Crippen LogP contribution in [0, 0.1) is 0 Å². The van der Waals surface area contributed by atoms with Crippen molar-refractivity contribution in [2.75, 3.05) is 21.3 Å². The summed E-state index contributed by atoms with van der Waals surface area (Å²) in [5, 5.41) is 0.215. The number of halogens is 1. The molecule has 2 aliphatic rings. The summed E-state index contributed by atoms with van der Waals surface area (Å²) in [7, 11) is -7.10. The molecular weight excluding hydrogens is 374 g/mol. The van der Waals surface area contributed by atoms with Gasteiger partial charge in [0, 0.05) is 12.6 Å². The minimum absolute atomic E-state index is 0.0663. The molecule has 1 saturated heterocycles. The van der Waals surface area contributed by atoms with Crippen molar-refractivity contribution in [1.29, 1.82) is 0 Å². The quantitative estimate of drug-likeness (QED) is 0.800. The SMILES string of the molecule is O=S(=O)(Nc1cc(N2CCCS2(=O)=O)ccc1Cl)NC1CCCC1. The van der Waals surface area contributed by atoms with Gasteiger partial charge >= 0.3 is 0 Å². The molecule has 3 rings (SSSR count). The van der Waals surface area contributed by atoms with Gasteiger partial charge in [0.1, 0.15) is 0 Å². The summed E-state index contributed by atoms with van der Waals surface area (Å²) < 4.78 is 54.8. The van der Waals surface area contributed by atoms with E-state index in [0.29, 0.717) is 18.7 Å². The molecule has 24 heavy (non-hydrogen) atoms. The number of nitrogens with one attached hydrogen (secondary N) is 2. The molecule has 0 atom stereocenters. The van der Waals surface area contributed by atoms with Gasteiger partial charge in [-0.05, 0) is 37.5 Å². The van der Waals surface area contributed by atoms with Gasteiger partial charge in [0.05, 0.1) is 22.2 Å². The molecule has 1 aliphatic heterocycles. The zero-order chi connectivity index (χ0) is 17.4. The van der Waals surface area contributed by atoms with E-state index in [4.69, 9.17) is 11.6 Å². The number of sulfonamides is 1. The average molecular weight is 394 g/mol. The molecule has 0 amide bonds. The lowest BCUT2D eigenvalue weighted by molar-refractivity contribution is 0.557. The second-order valence-corrected chi connectivity index (χ2v) is 9.98. The number of rotatable bonds is 5. The van der Waals surface area contributed by atoms with E-state index in [2.05, 4.69) is 9.44 Å². The van der Waals surface area contributed by atoms with Crippen molar-refractivity contribution in [2.24, 2.45) is 0 Å². The first-order valence-corrected chi connectivity index (χ1v) is 11.3. The van der Waals surface area contributed by atoms with Crippen LogP contribution in [-0.2, 0) is 20.2 Å². The zero-order valence-electron chi connectivity index (χ0n) is 13.0. The molecule has 2 fully saturated rings. The molecular formula is C14H20ClN3O4S2. The van der Waals surface area contributed by atoms with E-state index in [1.54, 1.807) is 6.07 Å². The topological polar surface area (TPSA) is 95.6 Å². The Morgan fingerprint density at radius 2 is 1.88 bits per heavy atom. The Morgan fingerprint density at radius 1 is 1.17 bits per heavy atom. The molecule has 10 heteroatoms. The summed E-state index contributed by atoms with van der Waals surface area (Å²) in [6.45, 7) is 0.385. The predicted molar refractivity (Wildman–Crippen MR) is 95.1 cm³/mol. The Balaban J connectivity index is 1.81. The number of nitrogens with zero attached hydrogens (tertiary/aromatic N) is 1. The molecule has 0 unspecified atom stereocenters. The number of anilines is 2. The third kappa shape index (κ3) is 3.96. The van der Waals surface area contributed by atoms with Gasteiger partial charge in [-0.25, -0.2) is 8.42 Å². The van der Waals surface area contributed by atoms with Gasteiger partial charge in [-0.2, -0.15) is 13.1 Å². The summed E-state index contributed by atoms with van der Waals surface area (Å²) in [6, 6.07) is 4.47. The van der Waals surface area contributed by atoms with Crippen LogP contribution in [0.2, 0.25) is 5.02 Å². The Labute approximate surface area is 147 Å². The zero-order valence-corrected chi connectivity index (χ0v) is 15.4. The van der Waals surface area contributed by atoms with Crippen molar-refractivity contribution in [3.05, 3.63) is 23.2 Å². The van der Waals surface area contributed by atoms with Crippen LogP contribution in [0.15, 0.2) is 18.2 Å². The maximum Gasteiger partial charge on any atom is 0.299 e. The number of benzene rings is 1. The van der Waals surface area contributed by atoms with Gasteiger partial charge in [-0.3, -0.25) is 9.03 Å². The fourth-order valence-electron chi connectivity index (χ4n) is 3.11. The Kier molecular flexibility index (Phi) is 4.96. The lowest BCUT2D eigenvalue weighted by Crippen LogP contribution is -2.37. The van der Waals surface area contributed by atoms with Crippen molar-refractivity contribution in [3.8, 4) is 0 Å². The van der Waals surface area contributed by atoms with Gasteiger partial charge in [0.2, 0.25) is 10.0 Å². The maximum atomic E-state index is 12.3. The van der Waals surface area contributed by atoms with E-state index >= 15 is 0 Å². The highest BCUT2D eigenvalue weighted by atomic mass is 35.5. The molecule has 0 aromatic heterocycles. The van der Waals surface area contributed by atoms with Crippen LogP contribution < -0.4 is 13.7 Å². The first-order valence-electron chi connectivity index (χ1n) is 7.87. The van der Waals surface area contributed by atoms with E-state index in [0.717, 1.165) is 25.7 Å². The third-order valence-corrected chi connectivity index (χ3v) is 7.59. The lowest BCUT2D eigenvalue weighted by Gasteiger charge is -2.19. The molecule has 134 valence electrons. The van der Waals surface area contributed by atoms with Crippen molar-refractivity contribution < 1.29 is 16.8 Å². The normalized spacial score (nSPS) is 21.3. The van der Waals surface area contributed by atoms with E-state index in [1.165, 1.54) is 16.4 Å². The summed E-state index contributed by atoms with van der Waals surface area (Å²) >= 11 is 6.07. The maximum absolute atomic E-state index is 12.3. The van der Waals surface area contributed by atoms with Crippen LogP contribution in [0.5, 0.6) is 0 Å². The number of hydrogen-bond acceptors (Lipinski definition) is 4. The first-order chi connectivity index (χ1) is 11.3. The van der Waals surface area contributed by atoms with Crippen molar-refractivity contribution in [1.82, 2.24) is 4.72 Å². The van der Waals surface area contributed by atoms with E-state index in [9.17, 15) is 16.8 Å². The van der Waals surface area contributed by atoms with Crippen molar-refractivity contribution in [2.45, 2.75) is 38.1 Å². The van der Waals surface area contributed by atoms with Crippen LogP contribution in [-0.4, -0.2) is 35.2 Å². The van der Waals surface area contributed by atoms with E-state index in [-0.39, 0.29) is 22.5 Å². The van der Waals surface area contributed by atoms with Gasteiger partial charge < -0.3 is 0 Å². The predicted octanol–water partition coefficient (Wildman–Crippen LogP) is 2.07. The average Bonchev–Trinajstić information content (AvgIpc) is 3.09. The molecule has 1 saturated carbocycles. The lowest BCUT2D eigenvalue weighted by atomic mass is 10.3. The molecule has 7 nitrogen and oxygen atoms in total. The molecule has 0 bridgehead atoms. The van der Waals surface area contributed by atoms with Crippen molar-refractivity contribution >= 4 is 43.2 Å². The first kappa shape index (κ1) is 17.8. The minimum atomic E-state index is -3.76. The summed E-state index contributed by atoms with van der Waals surface area (Å²) in [5.74, 6) is 0.0971. The van der Waals surface area contributed by atoms with Gasteiger partial charge in [-0.1, -0.05) is 24.4 Å². The molecule has 0 spiro atoms. The minimum Gasteiger partial charge on any atom is -0.270 e. The molecule has 1 aromatic rings. The Morgan fingerprint density at radius 3 is 2.50 bits per heavy atom. The highest BCUT2D eigenvalue weighted by Crippen LogP contribution is 2.31. The molecule has 0 radical (unpaired) electrons.